The topological polar surface area (TPSA) is 52.6 Å². The Kier molecular flexibility index (Phi) is 3.52. The lowest BCUT2D eigenvalue weighted by atomic mass is 9.87. The van der Waals surface area contributed by atoms with E-state index in [2.05, 4.69) is 10.2 Å². The van der Waals surface area contributed by atoms with E-state index in [1.807, 2.05) is 7.05 Å². The first-order chi connectivity index (χ1) is 8.52. The minimum Gasteiger partial charge on any atom is -0.480 e. The third kappa shape index (κ3) is 2.61. The first-order valence-electron chi connectivity index (χ1n) is 5.97. The number of hydrogen-bond donors (Lipinski definition) is 2. The molecule has 0 radical (unpaired) electrons. The van der Waals surface area contributed by atoms with Crippen LogP contribution in [0.4, 0.5) is 10.1 Å². The van der Waals surface area contributed by atoms with E-state index in [-0.39, 0.29) is 5.82 Å². The van der Waals surface area contributed by atoms with Crippen LogP contribution in [0.25, 0.3) is 0 Å². The molecular weight excluding hydrogens is 235 g/mol. The van der Waals surface area contributed by atoms with Crippen molar-refractivity contribution in [1.82, 2.24) is 4.90 Å². The average Bonchev–Trinajstić information content (AvgIpc) is 2.35. The summed E-state index contributed by atoms with van der Waals surface area (Å²) in [4.78, 5) is 13.6. The van der Waals surface area contributed by atoms with Crippen molar-refractivity contribution in [1.29, 1.82) is 0 Å². The second-order valence-corrected chi connectivity index (χ2v) is 4.82. The van der Waals surface area contributed by atoms with E-state index < -0.39 is 11.5 Å². The molecule has 1 aromatic carbocycles. The minimum atomic E-state index is -0.940. The van der Waals surface area contributed by atoms with E-state index in [1.165, 1.54) is 12.1 Å². The van der Waals surface area contributed by atoms with Gasteiger partial charge in [-0.3, -0.25) is 0 Å². The van der Waals surface area contributed by atoms with Crippen LogP contribution in [0.1, 0.15) is 12.8 Å². The van der Waals surface area contributed by atoms with Crippen molar-refractivity contribution in [2.24, 2.45) is 0 Å². The summed E-state index contributed by atoms with van der Waals surface area (Å²) in [5, 5.41) is 12.5. The van der Waals surface area contributed by atoms with Gasteiger partial charge in [-0.25, -0.2) is 9.18 Å². The molecule has 0 aliphatic carbocycles. The van der Waals surface area contributed by atoms with Crippen LogP contribution < -0.4 is 5.32 Å². The highest BCUT2D eigenvalue weighted by atomic mass is 19.1. The minimum absolute atomic E-state index is 0.326. The van der Waals surface area contributed by atoms with Gasteiger partial charge in [0.2, 0.25) is 0 Å². The zero-order chi connectivity index (χ0) is 13.2. The molecule has 2 N–H and O–H groups in total. The maximum Gasteiger partial charge on any atom is 0.329 e. The first-order valence-corrected chi connectivity index (χ1v) is 5.97. The fourth-order valence-electron chi connectivity index (χ4n) is 2.20. The molecule has 5 heteroatoms. The van der Waals surface area contributed by atoms with Gasteiger partial charge in [0.15, 0.2) is 0 Å². The predicted molar refractivity (Wildman–Crippen MR) is 67.1 cm³/mol. The number of nitrogens with zero attached hydrogens (tertiary/aromatic N) is 1. The Bertz CT molecular complexity index is 425. The van der Waals surface area contributed by atoms with Crippen LogP contribution in [0.15, 0.2) is 24.3 Å². The first kappa shape index (κ1) is 12.8. The van der Waals surface area contributed by atoms with E-state index in [0.717, 1.165) is 13.1 Å². The number of piperidine rings is 1. The molecule has 1 saturated heterocycles. The fraction of sp³-hybridized carbons (Fsp3) is 0.462. The van der Waals surface area contributed by atoms with Crippen LogP contribution in [0.5, 0.6) is 0 Å². The number of carboxylic acid groups (broad SMARTS) is 1. The number of hydrogen-bond acceptors (Lipinski definition) is 3. The highest BCUT2D eigenvalue weighted by Gasteiger charge is 2.40. The zero-order valence-electron chi connectivity index (χ0n) is 10.3. The van der Waals surface area contributed by atoms with Gasteiger partial charge < -0.3 is 15.3 Å². The molecule has 4 nitrogen and oxygen atoms in total. The zero-order valence-corrected chi connectivity index (χ0v) is 10.3. The second-order valence-electron chi connectivity index (χ2n) is 4.82. The van der Waals surface area contributed by atoms with Crippen molar-refractivity contribution in [3.05, 3.63) is 30.1 Å². The number of halogens is 1. The van der Waals surface area contributed by atoms with Crippen molar-refractivity contribution in [3.63, 3.8) is 0 Å². The number of nitrogens with one attached hydrogen (secondary N) is 1. The van der Waals surface area contributed by atoms with Gasteiger partial charge in [-0.15, -0.1) is 0 Å². The summed E-state index contributed by atoms with van der Waals surface area (Å²) in [6.45, 7) is 1.47. The number of likely N-dealkylation sites (tertiary alicyclic amines) is 1. The highest BCUT2D eigenvalue weighted by Crippen LogP contribution is 2.27. The van der Waals surface area contributed by atoms with Crippen molar-refractivity contribution in [2.45, 2.75) is 18.4 Å². The van der Waals surface area contributed by atoms with Crippen LogP contribution in [-0.4, -0.2) is 41.7 Å². The molecule has 18 heavy (non-hydrogen) atoms. The quantitative estimate of drug-likeness (QED) is 0.861. The number of aliphatic carboxylic acids is 1. The molecule has 0 saturated carbocycles. The van der Waals surface area contributed by atoms with Gasteiger partial charge in [-0.05, 0) is 44.2 Å². The predicted octanol–water partition coefficient (Wildman–Crippen LogP) is 1.79. The molecule has 0 bridgehead atoms. The number of carbonyl (C=O) groups is 1. The smallest absolute Gasteiger partial charge is 0.329 e. The Labute approximate surface area is 105 Å². The Morgan fingerprint density at radius 1 is 1.33 bits per heavy atom. The molecular formula is C13H17FN2O2. The van der Waals surface area contributed by atoms with Gasteiger partial charge in [-0.2, -0.15) is 0 Å². The fourth-order valence-corrected chi connectivity index (χ4v) is 2.20. The highest BCUT2D eigenvalue weighted by molar-refractivity contribution is 5.83. The van der Waals surface area contributed by atoms with Gasteiger partial charge in [0, 0.05) is 18.8 Å². The number of anilines is 1. The molecule has 1 aromatic rings. The van der Waals surface area contributed by atoms with E-state index in [0.29, 0.717) is 18.5 Å². The summed E-state index contributed by atoms with van der Waals surface area (Å²) >= 11 is 0. The second kappa shape index (κ2) is 4.94. The standard InChI is InChI=1S/C13H17FN2O2/c1-16-8-6-13(7-9-16,12(17)18)15-11-4-2-10(14)3-5-11/h2-5,15H,6-9H2,1H3,(H,17,18). The molecule has 2 rings (SSSR count). The van der Waals surface area contributed by atoms with Gasteiger partial charge in [0.25, 0.3) is 0 Å². The lowest BCUT2D eigenvalue weighted by molar-refractivity contribution is -0.143. The van der Waals surface area contributed by atoms with E-state index in [4.69, 9.17) is 0 Å². The van der Waals surface area contributed by atoms with Crippen LogP contribution in [-0.2, 0) is 4.79 Å². The van der Waals surface area contributed by atoms with Crippen molar-refractivity contribution >= 4 is 11.7 Å². The maximum atomic E-state index is 12.8. The average molecular weight is 252 g/mol. The van der Waals surface area contributed by atoms with Crippen LogP contribution in [0.3, 0.4) is 0 Å². The van der Waals surface area contributed by atoms with Crippen LogP contribution >= 0.6 is 0 Å². The van der Waals surface area contributed by atoms with Gasteiger partial charge in [0.1, 0.15) is 11.4 Å². The molecule has 1 heterocycles. The summed E-state index contributed by atoms with van der Waals surface area (Å²) in [6, 6.07) is 5.79. The molecule has 0 atom stereocenters. The number of carboxylic acids is 1. The SMILES string of the molecule is CN1CCC(Nc2ccc(F)cc2)(C(=O)O)CC1. The molecule has 0 amide bonds. The summed E-state index contributed by atoms with van der Waals surface area (Å²) in [7, 11) is 1.98. The summed E-state index contributed by atoms with van der Waals surface area (Å²) < 4.78 is 12.8. The summed E-state index contributed by atoms with van der Waals surface area (Å²) in [5.41, 5.74) is -0.298. The van der Waals surface area contributed by atoms with Gasteiger partial charge in [0.05, 0.1) is 0 Å². The lowest BCUT2D eigenvalue weighted by Gasteiger charge is -2.38. The van der Waals surface area contributed by atoms with Crippen molar-refractivity contribution in [2.75, 3.05) is 25.5 Å². The number of benzene rings is 1. The Balaban J connectivity index is 2.16. The van der Waals surface area contributed by atoms with E-state index >= 15 is 0 Å². The molecule has 1 aliphatic heterocycles. The van der Waals surface area contributed by atoms with Crippen LogP contribution in [0.2, 0.25) is 0 Å². The van der Waals surface area contributed by atoms with E-state index in [9.17, 15) is 14.3 Å². The van der Waals surface area contributed by atoms with Gasteiger partial charge >= 0.3 is 5.97 Å². The summed E-state index contributed by atoms with van der Waals surface area (Å²) in [5.74, 6) is -1.17. The molecule has 0 spiro atoms. The maximum absolute atomic E-state index is 12.8. The van der Waals surface area contributed by atoms with Crippen LogP contribution in [0, 0.1) is 5.82 Å². The Morgan fingerprint density at radius 2 is 1.89 bits per heavy atom. The van der Waals surface area contributed by atoms with E-state index in [1.54, 1.807) is 12.1 Å². The summed E-state index contributed by atoms with van der Waals surface area (Å²) in [6.07, 6.45) is 1.08. The third-order valence-electron chi connectivity index (χ3n) is 3.48. The molecule has 0 aromatic heterocycles. The molecule has 1 aliphatic rings. The Morgan fingerprint density at radius 3 is 2.39 bits per heavy atom. The van der Waals surface area contributed by atoms with Gasteiger partial charge in [-0.1, -0.05) is 0 Å². The monoisotopic (exact) mass is 252 g/mol. The molecule has 1 fully saturated rings. The normalized spacial score (nSPS) is 19.4. The van der Waals surface area contributed by atoms with Crippen molar-refractivity contribution in [3.8, 4) is 0 Å². The molecule has 98 valence electrons. The third-order valence-corrected chi connectivity index (χ3v) is 3.48. The number of rotatable bonds is 3. The largest absolute Gasteiger partial charge is 0.480 e. The lowest BCUT2D eigenvalue weighted by Crippen LogP contribution is -2.53. The molecule has 0 unspecified atom stereocenters. The van der Waals surface area contributed by atoms with Crippen molar-refractivity contribution < 1.29 is 14.3 Å². The Hall–Kier alpha value is -1.62.